The van der Waals surface area contributed by atoms with Gasteiger partial charge in [0.25, 0.3) is 5.69 Å². The number of fused-ring (bicyclic) bond motifs is 1. The van der Waals surface area contributed by atoms with E-state index in [1.165, 1.54) is 31.0 Å². The number of non-ortho nitro benzene ring substituents is 1. The molecule has 3 N–H and O–H groups in total. The number of primary amides is 1. The van der Waals surface area contributed by atoms with Crippen LogP contribution in [0.3, 0.4) is 0 Å². The van der Waals surface area contributed by atoms with Crippen LogP contribution in [0.15, 0.2) is 53.7 Å². The molecule has 0 radical (unpaired) electrons. The Morgan fingerprint density at radius 3 is 2.66 bits per heavy atom. The molecule has 1 aliphatic heterocycles. The molecule has 2 heterocycles. The number of rotatable bonds is 6. The smallest absolute Gasteiger partial charge is 0.270 e. The highest BCUT2D eigenvalue weighted by atomic mass is 16.6. The quantitative estimate of drug-likeness (QED) is 0.443. The molecule has 0 bridgehead atoms. The molecule has 0 fully saturated rings. The Labute approximate surface area is 182 Å². The number of aromatic nitrogens is 3. The molecule has 1 atom stereocenters. The lowest BCUT2D eigenvalue weighted by Gasteiger charge is -2.28. The Morgan fingerprint density at radius 2 is 2.00 bits per heavy atom. The molecule has 164 valence electrons. The van der Waals surface area contributed by atoms with Crippen LogP contribution in [0.5, 0.6) is 11.5 Å². The monoisotopic (exact) mass is 436 g/mol. The number of nitrogens with two attached hydrogens (primary N) is 1. The average molecular weight is 436 g/mol. The van der Waals surface area contributed by atoms with Crippen molar-refractivity contribution in [2.75, 3.05) is 19.5 Å². The molecule has 0 aliphatic carbocycles. The van der Waals surface area contributed by atoms with E-state index in [-0.39, 0.29) is 17.1 Å². The van der Waals surface area contributed by atoms with Gasteiger partial charge in [0.1, 0.15) is 17.5 Å². The minimum atomic E-state index is -0.756. The number of benzene rings is 2. The zero-order valence-corrected chi connectivity index (χ0v) is 17.5. The first-order valence-electron chi connectivity index (χ1n) is 9.55. The second-order valence-corrected chi connectivity index (χ2v) is 7.05. The number of nitrogens with zero attached hydrogens (tertiary/aromatic N) is 4. The highest BCUT2D eigenvalue weighted by Crippen LogP contribution is 2.41. The first-order chi connectivity index (χ1) is 15.3. The van der Waals surface area contributed by atoms with Crippen molar-refractivity contribution in [3.63, 3.8) is 0 Å². The summed E-state index contributed by atoms with van der Waals surface area (Å²) >= 11 is 0. The largest absolute Gasteiger partial charge is 0.497 e. The summed E-state index contributed by atoms with van der Waals surface area (Å²) in [5.74, 6) is 1.03. The van der Waals surface area contributed by atoms with Crippen LogP contribution in [0.25, 0.3) is 11.4 Å². The third-order valence-electron chi connectivity index (χ3n) is 5.16. The highest BCUT2D eigenvalue weighted by Gasteiger charge is 2.35. The SMILES string of the molecule is COc1ccc(OC)c(C2C(C(N)=O)=C(C)Nc3nc(-c4cccc([N+](=O)[O-])c4)nn32)c1. The number of amides is 1. The number of hydrogen-bond donors (Lipinski definition) is 2. The number of hydrogen-bond acceptors (Lipinski definition) is 8. The first-order valence-corrected chi connectivity index (χ1v) is 9.55. The number of anilines is 1. The number of nitro groups is 1. The van der Waals surface area contributed by atoms with E-state index in [4.69, 9.17) is 15.2 Å². The number of nitro benzene ring substituents is 1. The van der Waals surface area contributed by atoms with Crippen molar-refractivity contribution in [3.8, 4) is 22.9 Å². The van der Waals surface area contributed by atoms with Crippen LogP contribution in [0.1, 0.15) is 18.5 Å². The summed E-state index contributed by atoms with van der Waals surface area (Å²) in [5, 5.41) is 18.8. The Balaban J connectivity index is 1.92. The fraction of sp³-hybridized carbons (Fsp3) is 0.190. The fourth-order valence-electron chi connectivity index (χ4n) is 3.69. The number of carbonyl (C=O) groups is 1. The van der Waals surface area contributed by atoms with Crippen molar-refractivity contribution in [1.29, 1.82) is 0 Å². The number of nitrogens with one attached hydrogen (secondary N) is 1. The standard InChI is InChI=1S/C21H20N6O5/c1-11-17(19(22)28)18(15-10-14(31-2)7-8-16(15)32-3)26-21(23-11)24-20(25-26)12-5-4-6-13(9-12)27(29)30/h4-10,18H,1-3H3,(H2,22,28)(H,23,24,25). The molecule has 4 rings (SSSR count). The summed E-state index contributed by atoms with van der Waals surface area (Å²) < 4.78 is 12.4. The molecule has 1 unspecified atom stereocenters. The molecule has 1 aliphatic rings. The molecular formula is C21H20N6O5. The molecule has 0 spiro atoms. The summed E-state index contributed by atoms with van der Waals surface area (Å²) in [6, 6.07) is 10.4. The van der Waals surface area contributed by atoms with Crippen LogP contribution in [0.2, 0.25) is 0 Å². The Kier molecular flexibility index (Phi) is 5.23. The maximum Gasteiger partial charge on any atom is 0.270 e. The molecule has 3 aromatic rings. The van der Waals surface area contributed by atoms with Gasteiger partial charge in [-0.1, -0.05) is 12.1 Å². The fourth-order valence-corrected chi connectivity index (χ4v) is 3.69. The maximum atomic E-state index is 12.4. The molecule has 2 aromatic carbocycles. The second-order valence-electron chi connectivity index (χ2n) is 7.05. The van der Waals surface area contributed by atoms with Gasteiger partial charge < -0.3 is 20.5 Å². The molecule has 11 heteroatoms. The topological polar surface area (TPSA) is 147 Å². The van der Waals surface area contributed by atoms with E-state index >= 15 is 0 Å². The van der Waals surface area contributed by atoms with Crippen LogP contribution in [0, 0.1) is 10.1 Å². The lowest BCUT2D eigenvalue weighted by Crippen LogP contribution is -2.32. The second kappa shape index (κ2) is 8.02. The zero-order chi connectivity index (χ0) is 23.0. The maximum absolute atomic E-state index is 12.4. The summed E-state index contributed by atoms with van der Waals surface area (Å²) in [5.41, 5.74) is 7.49. The summed E-state index contributed by atoms with van der Waals surface area (Å²) in [7, 11) is 3.05. The highest BCUT2D eigenvalue weighted by molar-refractivity contribution is 5.95. The van der Waals surface area contributed by atoms with Crippen LogP contribution < -0.4 is 20.5 Å². The predicted octanol–water partition coefficient (Wildman–Crippen LogP) is 2.64. The molecular weight excluding hydrogens is 416 g/mol. The van der Waals surface area contributed by atoms with Gasteiger partial charge in [-0.15, -0.1) is 5.10 Å². The van der Waals surface area contributed by atoms with Gasteiger partial charge >= 0.3 is 0 Å². The van der Waals surface area contributed by atoms with Crippen LogP contribution in [-0.2, 0) is 4.79 Å². The van der Waals surface area contributed by atoms with Crippen LogP contribution in [-0.4, -0.2) is 39.8 Å². The van der Waals surface area contributed by atoms with E-state index in [0.29, 0.717) is 34.3 Å². The Bertz CT molecular complexity index is 1270. The lowest BCUT2D eigenvalue weighted by atomic mass is 9.94. The first kappa shape index (κ1) is 20.8. The van der Waals surface area contributed by atoms with Gasteiger partial charge in [0.15, 0.2) is 5.82 Å². The number of carbonyl (C=O) groups excluding carboxylic acids is 1. The van der Waals surface area contributed by atoms with Crippen molar-refractivity contribution in [3.05, 3.63) is 69.4 Å². The van der Waals surface area contributed by atoms with E-state index in [9.17, 15) is 14.9 Å². The van der Waals surface area contributed by atoms with Gasteiger partial charge in [-0.3, -0.25) is 14.9 Å². The normalized spacial score (nSPS) is 15.0. The van der Waals surface area contributed by atoms with Crippen molar-refractivity contribution in [2.24, 2.45) is 5.73 Å². The zero-order valence-electron chi connectivity index (χ0n) is 17.5. The van der Waals surface area contributed by atoms with E-state index < -0.39 is 16.9 Å². The van der Waals surface area contributed by atoms with Gasteiger partial charge in [-0.05, 0) is 25.1 Å². The van der Waals surface area contributed by atoms with Crippen molar-refractivity contribution in [1.82, 2.24) is 14.8 Å². The molecule has 32 heavy (non-hydrogen) atoms. The number of allylic oxidation sites excluding steroid dienone is 1. The minimum Gasteiger partial charge on any atom is -0.497 e. The van der Waals surface area contributed by atoms with Crippen molar-refractivity contribution < 1.29 is 19.2 Å². The van der Waals surface area contributed by atoms with Crippen molar-refractivity contribution in [2.45, 2.75) is 13.0 Å². The van der Waals surface area contributed by atoms with Gasteiger partial charge in [0.05, 0.1) is 24.7 Å². The van der Waals surface area contributed by atoms with E-state index in [1.807, 2.05) is 0 Å². The molecule has 1 aromatic heterocycles. The van der Waals surface area contributed by atoms with E-state index in [0.717, 1.165) is 0 Å². The molecule has 0 saturated heterocycles. The average Bonchev–Trinajstić information content (AvgIpc) is 3.21. The minimum absolute atomic E-state index is 0.0821. The number of ether oxygens (including phenoxy) is 2. The summed E-state index contributed by atoms with van der Waals surface area (Å²) in [6.07, 6.45) is 0. The third kappa shape index (κ3) is 3.49. The van der Waals surface area contributed by atoms with Crippen molar-refractivity contribution >= 4 is 17.5 Å². The van der Waals surface area contributed by atoms with E-state index in [2.05, 4.69) is 15.4 Å². The Morgan fingerprint density at radius 1 is 1.22 bits per heavy atom. The Hall–Kier alpha value is -4.41. The molecule has 11 nitrogen and oxygen atoms in total. The third-order valence-corrected chi connectivity index (χ3v) is 5.16. The van der Waals surface area contributed by atoms with Gasteiger partial charge in [0, 0.05) is 29.0 Å². The van der Waals surface area contributed by atoms with Gasteiger partial charge in [-0.2, -0.15) is 4.98 Å². The van der Waals surface area contributed by atoms with Gasteiger partial charge in [-0.25, -0.2) is 4.68 Å². The van der Waals surface area contributed by atoms with Crippen LogP contribution >= 0.6 is 0 Å². The lowest BCUT2D eigenvalue weighted by molar-refractivity contribution is -0.384. The summed E-state index contributed by atoms with van der Waals surface area (Å²) in [4.78, 5) is 27.6. The predicted molar refractivity (Wildman–Crippen MR) is 115 cm³/mol. The van der Waals surface area contributed by atoms with E-state index in [1.54, 1.807) is 37.3 Å². The number of methoxy groups -OCH3 is 2. The van der Waals surface area contributed by atoms with Gasteiger partial charge in [0.2, 0.25) is 11.9 Å². The summed E-state index contributed by atoms with van der Waals surface area (Å²) in [6.45, 7) is 1.71. The molecule has 0 saturated carbocycles. The molecule has 1 amide bonds. The van der Waals surface area contributed by atoms with Crippen LogP contribution in [0.4, 0.5) is 11.6 Å².